The first-order valence-electron chi connectivity index (χ1n) is 9.92. The van der Waals surface area contributed by atoms with Gasteiger partial charge in [0.2, 0.25) is 11.1 Å². The lowest BCUT2D eigenvalue weighted by atomic mass is 9.88. The summed E-state index contributed by atoms with van der Waals surface area (Å²) in [4.78, 5) is 15.4. The first kappa shape index (κ1) is 18.7. The third-order valence-corrected chi connectivity index (χ3v) is 6.67. The number of hydrogen-bond acceptors (Lipinski definition) is 5. The van der Waals surface area contributed by atoms with Gasteiger partial charge in [0.25, 0.3) is 0 Å². The van der Waals surface area contributed by atoms with Crippen molar-refractivity contribution >= 4 is 17.7 Å². The molecule has 6 nitrogen and oxygen atoms in total. The van der Waals surface area contributed by atoms with Crippen LogP contribution in [0.3, 0.4) is 0 Å². The first-order valence-corrected chi connectivity index (χ1v) is 10.9. The summed E-state index contributed by atoms with van der Waals surface area (Å²) < 4.78 is 1.68. The van der Waals surface area contributed by atoms with E-state index in [0.29, 0.717) is 24.4 Å². The van der Waals surface area contributed by atoms with Gasteiger partial charge in [-0.15, -0.1) is 5.10 Å². The molecule has 0 bridgehead atoms. The van der Waals surface area contributed by atoms with Crippen LogP contribution in [0.15, 0.2) is 5.16 Å². The van der Waals surface area contributed by atoms with E-state index in [1.54, 1.807) is 16.4 Å². The molecule has 3 rings (SSSR count). The third kappa shape index (κ3) is 5.19. The molecule has 1 aromatic rings. The maximum atomic E-state index is 13.0. The fraction of sp³-hybridized carbons (Fsp3) is 0.889. The van der Waals surface area contributed by atoms with E-state index in [4.69, 9.17) is 0 Å². The molecule has 0 saturated heterocycles. The lowest BCUT2D eigenvalue weighted by Gasteiger charge is -2.42. The Kier molecular flexibility index (Phi) is 7.13. The lowest BCUT2D eigenvalue weighted by molar-refractivity contribution is -0.138. The molecule has 2 aliphatic rings. The molecule has 25 heavy (non-hydrogen) atoms. The Morgan fingerprint density at radius 3 is 2.20 bits per heavy atom. The molecule has 2 aliphatic carbocycles. The van der Waals surface area contributed by atoms with Crippen LogP contribution in [0.4, 0.5) is 0 Å². The van der Waals surface area contributed by atoms with E-state index < -0.39 is 0 Å². The second kappa shape index (κ2) is 9.55. The van der Waals surface area contributed by atoms with Gasteiger partial charge in [0.1, 0.15) is 0 Å². The quantitative estimate of drug-likeness (QED) is 0.546. The largest absolute Gasteiger partial charge is 0.337 e. The fourth-order valence-electron chi connectivity index (χ4n) is 4.28. The van der Waals surface area contributed by atoms with Crippen molar-refractivity contribution in [2.45, 2.75) is 94.3 Å². The van der Waals surface area contributed by atoms with Gasteiger partial charge < -0.3 is 4.90 Å². The summed E-state index contributed by atoms with van der Waals surface area (Å²) in [5.74, 6) is 1.28. The van der Waals surface area contributed by atoms with Crippen molar-refractivity contribution < 1.29 is 4.79 Å². The van der Waals surface area contributed by atoms with Crippen molar-refractivity contribution in [1.82, 2.24) is 25.1 Å². The van der Waals surface area contributed by atoms with Crippen molar-refractivity contribution in [2.75, 3.05) is 5.75 Å². The molecular weight excluding hydrogens is 334 g/mol. The van der Waals surface area contributed by atoms with Gasteiger partial charge in [-0.2, -0.15) is 0 Å². The number of aromatic nitrogens is 4. The first-order chi connectivity index (χ1) is 12.3. The van der Waals surface area contributed by atoms with Gasteiger partial charge in [-0.25, -0.2) is 4.68 Å². The van der Waals surface area contributed by atoms with E-state index in [2.05, 4.69) is 20.4 Å². The Bertz CT molecular complexity index is 519. The average molecular weight is 366 g/mol. The van der Waals surface area contributed by atoms with Crippen LogP contribution >= 0.6 is 11.8 Å². The van der Waals surface area contributed by atoms with Gasteiger partial charge in [-0.05, 0) is 42.5 Å². The lowest BCUT2D eigenvalue weighted by Crippen LogP contribution is -2.48. The van der Waals surface area contributed by atoms with E-state index in [1.807, 2.05) is 7.05 Å². The molecule has 7 heteroatoms. The van der Waals surface area contributed by atoms with Crippen molar-refractivity contribution in [2.24, 2.45) is 7.05 Å². The predicted molar refractivity (Wildman–Crippen MR) is 99.3 cm³/mol. The van der Waals surface area contributed by atoms with E-state index in [0.717, 1.165) is 17.3 Å². The minimum atomic E-state index is 0.385. The highest BCUT2D eigenvalue weighted by Crippen LogP contribution is 2.31. The highest BCUT2D eigenvalue weighted by Gasteiger charge is 2.31. The maximum Gasteiger partial charge on any atom is 0.223 e. The molecule has 0 N–H and O–H groups in total. The topological polar surface area (TPSA) is 63.9 Å². The molecule has 1 amide bonds. The molecule has 0 unspecified atom stereocenters. The Labute approximate surface area is 155 Å². The van der Waals surface area contributed by atoms with E-state index in [1.165, 1.54) is 64.2 Å². The third-order valence-electron chi connectivity index (χ3n) is 5.57. The van der Waals surface area contributed by atoms with Crippen LogP contribution in [-0.4, -0.2) is 48.9 Å². The highest BCUT2D eigenvalue weighted by molar-refractivity contribution is 7.99. The van der Waals surface area contributed by atoms with Crippen molar-refractivity contribution in [3.8, 4) is 0 Å². The van der Waals surface area contributed by atoms with E-state index in [9.17, 15) is 4.79 Å². The Morgan fingerprint density at radius 2 is 1.68 bits per heavy atom. The van der Waals surface area contributed by atoms with Crippen LogP contribution in [0.2, 0.25) is 0 Å². The molecule has 0 spiro atoms. The number of carbonyl (C=O) groups is 1. The minimum absolute atomic E-state index is 0.385. The molecule has 1 heterocycles. The molecule has 0 aromatic carbocycles. The minimum Gasteiger partial charge on any atom is -0.337 e. The number of tetrazole rings is 1. The summed E-state index contributed by atoms with van der Waals surface area (Å²) in [5.41, 5.74) is 0. The van der Waals surface area contributed by atoms with E-state index >= 15 is 0 Å². The number of aryl methyl sites for hydroxylation is 1. The molecular formula is C18H31N5OS. The zero-order chi connectivity index (χ0) is 17.5. The van der Waals surface area contributed by atoms with Crippen LogP contribution in [0.5, 0.6) is 0 Å². The van der Waals surface area contributed by atoms with Gasteiger partial charge in [-0.1, -0.05) is 50.3 Å². The van der Waals surface area contributed by atoms with Crippen LogP contribution in [0, 0.1) is 0 Å². The molecule has 1 aromatic heterocycles. The predicted octanol–water partition coefficient (Wildman–Crippen LogP) is 3.58. The molecule has 0 atom stereocenters. The van der Waals surface area contributed by atoms with Crippen LogP contribution in [0.25, 0.3) is 0 Å². The molecule has 140 valence electrons. The van der Waals surface area contributed by atoms with Gasteiger partial charge in [-0.3, -0.25) is 4.79 Å². The van der Waals surface area contributed by atoms with Crippen molar-refractivity contribution in [1.29, 1.82) is 0 Å². The van der Waals surface area contributed by atoms with Crippen molar-refractivity contribution in [3.05, 3.63) is 0 Å². The molecule has 0 aliphatic heterocycles. The Balaban J connectivity index is 1.51. The summed E-state index contributed by atoms with van der Waals surface area (Å²) in [6, 6.07) is 1.000. The number of amides is 1. The van der Waals surface area contributed by atoms with Crippen molar-refractivity contribution in [3.63, 3.8) is 0 Å². The number of carbonyl (C=O) groups excluding carboxylic acids is 1. The maximum absolute atomic E-state index is 13.0. The van der Waals surface area contributed by atoms with Gasteiger partial charge in [0, 0.05) is 31.3 Å². The fourth-order valence-corrected chi connectivity index (χ4v) is 5.07. The summed E-state index contributed by atoms with van der Waals surface area (Å²) in [6.07, 6.45) is 14.2. The van der Waals surface area contributed by atoms with Crippen LogP contribution in [0.1, 0.15) is 77.0 Å². The number of thioether (sulfide) groups is 1. The Morgan fingerprint density at radius 1 is 1.08 bits per heavy atom. The Hall–Kier alpha value is -1.11. The molecule has 0 radical (unpaired) electrons. The van der Waals surface area contributed by atoms with Crippen LogP contribution in [-0.2, 0) is 11.8 Å². The second-order valence-electron chi connectivity index (χ2n) is 7.42. The normalized spacial score (nSPS) is 19.9. The SMILES string of the molecule is Cn1nnnc1SCCCC(=O)N(C1CCCCC1)C1CCCCC1. The zero-order valence-corrected chi connectivity index (χ0v) is 16.2. The van der Waals surface area contributed by atoms with Gasteiger partial charge in [0.15, 0.2) is 0 Å². The van der Waals surface area contributed by atoms with Gasteiger partial charge >= 0.3 is 0 Å². The standard InChI is InChI=1S/C18H31N5OS/c1-22-18(19-20-21-22)25-14-8-13-17(24)23(15-9-4-2-5-10-15)16-11-6-3-7-12-16/h15-16H,2-14H2,1H3. The summed E-state index contributed by atoms with van der Waals surface area (Å²) in [7, 11) is 1.85. The average Bonchev–Trinajstić information content (AvgIpc) is 3.06. The smallest absolute Gasteiger partial charge is 0.223 e. The van der Waals surface area contributed by atoms with E-state index in [-0.39, 0.29) is 0 Å². The summed E-state index contributed by atoms with van der Waals surface area (Å²) in [6.45, 7) is 0. The summed E-state index contributed by atoms with van der Waals surface area (Å²) >= 11 is 1.63. The van der Waals surface area contributed by atoms with Crippen LogP contribution < -0.4 is 0 Å². The summed E-state index contributed by atoms with van der Waals surface area (Å²) in [5, 5.41) is 12.3. The number of nitrogens with zero attached hydrogens (tertiary/aromatic N) is 5. The monoisotopic (exact) mass is 365 g/mol. The number of hydrogen-bond donors (Lipinski definition) is 0. The molecule has 2 fully saturated rings. The molecule has 2 saturated carbocycles. The zero-order valence-electron chi connectivity index (χ0n) is 15.4. The number of rotatable bonds is 7. The second-order valence-corrected chi connectivity index (χ2v) is 8.48. The van der Waals surface area contributed by atoms with Gasteiger partial charge in [0.05, 0.1) is 0 Å². The highest BCUT2D eigenvalue weighted by atomic mass is 32.2.